The third-order valence-electron chi connectivity index (χ3n) is 3.86. The molecule has 1 aliphatic rings. The van der Waals surface area contributed by atoms with E-state index < -0.39 is 0 Å². The van der Waals surface area contributed by atoms with E-state index >= 15 is 0 Å². The lowest BCUT2D eigenvalue weighted by Gasteiger charge is -2.28. The molecule has 0 atom stereocenters. The molecule has 1 saturated carbocycles. The summed E-state index contributed by atoms with van der Waals surface area (Å²) in [5, 5.41) is 2.82. The molecule has 0 unspecified atom stereocenters. The highest BCUT2D eigenvalue weighted by Gasteiger charge is 2.33. The van der Waals surface area contributed by atoms with Gasteiger partial charge in [-0.15, -0.1) is 0 Å². The molecule has 0 aromatic carbocycles. The first kappa shape index (κ1) is 17.0. The molecule has 0 aliphatic heterocycles. The molecule has 0 radical (unpaired) electrons. The first-order valence-corrected chi connectivity index (χ1v) is 7.84. The zero-order valence-corrected chi connectivity index (χ0v) is 12.9. The minimum absolute atomic E-state index is 0.0166. The average molecular weight is 283 g/mol. The topological polar surface area (TPSA) is 75.4 Å². The summed E-state index contributed by atoms with van der Waals surface area (Å²) in [6.07, 6.45) is 6.17. The van der Waals surface area contributed by atoms with E-state index in [1.54, 1.807) is 4.90 Å². The molecule has 0 bridgehead atoms. The van der Waals surface area contributed by atoms with Crippen molar-refractivity contribution in [2.24, 2.45) is 5.73 Å². The predicted molar refractivity (Wildman–Crippen MR) is 80.2 cm³/mol. The van der Waals surface area contributed by atoms with Crippen molar-refractivity contribution < 1.29 is 9.59 Å². The maximum atomic E-state index is 12.4. The summed E-state index contributed by atoms with van der Waals surface area (Å²) < 4.78 is 0. The number of hydrogen-bond donors (Lipinski definition) is 2. The lowest BCUT2D eigenvalue weighted by atomic mass is 9.94. The smallest absolute Gasteiger partial charge is 0.239 e. The van der Waals surface area contributed by atoms with E-state index in [4.69, 9.17) is 5.73 Å². The number of rotatable bonds is 8. The standard InChI is InChI=1S/C15H29N3O2/c1-3-9-17-13(19)12-18(10-4-2)14(20)11-15(16)7-5-6-8-15/h3-12,16H2,1-2H3,(H,17,19). The highest BCUT2D eigenvalue weighted by Crippen LogP contribution is 2.30. The Kier molecular flexibility index (Phi) is 6.99. The van der Waals surface area contributed by atoms with Crippen LogP contribution in [-0.4, -0.2) is 41.9 Å². The molecule has 0 aromatic heterocycles. The Morgan fingerprint density at radius 3 is 2.40 bits per heavy atom. The maximum absolute atomic E-state index is 12.4. The van der Waals surface area contributed by atoms with Crippen LogP contribution in [0.1, 0.15) is 58.8 Å². The lowest BCUT2D eigenvalue weighted by molar-refractivity contribution is -0.137. The second kappa shape index (κ2) is 8.25. The fourth-order valence-electron chi connectivity index (χ4n) is 2.72. The number of nitrogens with one attached hydrogen (secondary N) is 1. The van der Waals surface area contributed by atoms with E-state index in [2.05, 4.69) is 5.32 Å². The molecule has 0 saturated heterocycles. The molecule has 5 nitrogen and oxygen atoms in total. The minimum atomic E-state index is -0.344. The van der Waals surface area contributed by atoms with Crippen molar-refractivity contribution in [2.45, 2.75) is 64.3 Å². The summed E-state index contributed by atoms with van der Waals surface area (Å²) in [6.45, 7) is 5.45. The minimum Gasteiger partial charge on any atom is -0.355 e. The van der Waals surface area contributed by atoms with Crippen LogP contribution in [-0.2, 0) is 9.59 Å². The Bertz CT molecular complexity index is 325. The summed E-state index contributed by atoms with van der Waals surface area (Å²) in [5.41, 5.74) is 5.91. The molecule has 1 fully saturated rings. The van der Waals surface area contributed by atoms with E-state index in [1.807, 2.05) is 13.8 Å². The largest absolute Gasteiger partial charge is 0.355 e. The summed E-state index contributed by atoms with van der Waals surface area (Å²) in [5.74, 6) is -0.0611. The van der Waals surface area contributed by atoms with Crippen molar-refractivity contribution in [1.82, 2.24) is 10.2 Å². The Labute approximate surface area is 122 Å². The van der Waals surface area contributed by atoms with Gasteiger partial charge >= 0.3 is 0 Å². The van der Waals surface area contributed by atoms with Crippen molar-refractivity contribution in [1.29, 1.82) is 0 Å². The van der Waals surface area contributed by atoms with Crippen LogP contribution < -0.4 is 11.1 Å². The molecular formula is C15H29N3O2. The van der Waals surface area contributed by atoms with E-state index in [0.717, 1.165) is 38.5 Å². The number of nitrogens with zero attached hydrogens (tertiary/aromatic N) is 1. The van der Waals surface area contributed by atoms with Crippen LogP contribution in [0.3, 0.4) is 0 Å². The molecule has 3 N–H and O–H groups in total. The van der Waals surface area contributed by atoms with Crippen LogP contribution in [0.5, 0.6) is 0 Å². The van der Waals surface area contributed by atoms with Crippen molar-refractivity contribution >= 4 is 11.8 Å². The highest BCUT2D eigenvalue weighted by molar-refractivity contribution is 5.85. The molecule has 2 amide bonds. The van der Waals surface area contributed by atoms with Gasteiger partial charge in [0.05, 0.1) is 6.54 Å². The van der Waals surface area contributed by atoms with Crippen LogP contribution in [0.25, 0.3) is 0 Å². The molecule has 0 spiro atoms. The van der Waals surface area contributed by atoms with E-state index in [0.29, 0.717) is 19.5 Å². The van der Waals surface area contributed by atoms with Crippen molar-refractivity contribution in [3.63, 3.8) is 0 Å². The van der Waals surface area contributed by atoms with Gasteiger partial charge in [0.1, 0.15) is 0 Å². The van der Waals surface area contributed by atoms with E-state index in [9.17, 15) is 9.59 Å². The average Bonchev–Trinajstić information content (AvgIpc) is 2.82. The van der Waals surface area contributed by atoms with Crippen molar-refractivity contribution in [3.05, 3.63) is 0 Å². The van der Waals surface area contributed by atoms with Gasteiger partial charge in [0, 0.05) is 25.0 Å². The molecule has 0 heterocycles. The van der Waals surface area contributed by atoms with Gasteiger partial charge in [0.2, 0.25) is 11.8 Å². The zero-order valence-electron chi connectivity index (χ0n) is 12.9. The van der Waals surface area contributed by atoms with Gasteiger partial charge in [-0.2, -0.15) is 0 Å². The summed E-state index contributed by atoms with van der Waals surface area (Å²) in [6, 6.07) is 0. The molecule has 0 aromatic rings. The third-order valence-corrected chi connectivity index (χ3v) is 3.86. The summed E-state index contributed by atoms with van der Waals surface area (Å²) >= 11 is 0. The van der Waals surface area contributed by atoms with Gasteiger partial charge in [-0.1, -0.05) is 26.7 Å². The maximum Gasteiger partial charge on any atom is 0.239 e. The summed E-state index contributed by atoms with van der Waals surface area (Å²) in [7, 11) is 0. The third kappa shape index (κ3) is 5.49. The van der Waals surface area contributed by atoms with Crippen LogP contribution >= 0.6 is 0 Å². The van der Waals surface area contributed by atoms with Crippen LogP contribution in [0.15, 0.2) is 0 Å². The fourth-order valence-corrected chi connectivity index (χ4v) is 2.72. The monoisotopic (exact) mass is 283 g/mol. The first-order valence-electron chi connectivity index (χ1n) is 7.84. The van der Waals surface area contributed by atoms with Gasteiger partial charge in [-0.25, -0.2) is 0 Å². The molecular weight excluding hydrogens is 254 g/mol. The quantitative estimate of drug-likeness (QED) is 0.707. The van der Waals surface area contributed by atoms with Gasteiger partial charge in [-0.05, 0) is 25.7 Å². The number of nitrogens with two attached hydrogens (primary N) is 1. The van der Waals surface area contributed by atoms with Gasteiger partial charge in [-0.3, -0.25) is 9.59 Å². The van der Waals surface area contributed by atoms with Gasteiger partial charge in [0.25, 0.3) is 0 Å². The second-order valence-electron chi connectivity index (χ2n) is 5.91. The van der Waals surface area contributed by atoms with E-state index in [1.165, 1.54) is 0 Å². The molecule has 20 heavy (non-hydrogen) atoms. The first-order chi connectivity index (χ1) is 9.50. The number of carbonyl (C=O) groups is 2. The number of carbonyl (C=O) groups excluding carboxylic acids is 2. The highest BCUT2D eigenvalue weighted by atomic mass is 16.2. The lowest BCUT2D eigenvalue weighted by Crippen LogP contribution is -2.46. The normalized spacial score (nSPS) is 16.9. The molecule has 1 aliphatic carbocycles. The Morgan fingerprint density at radius 2 is 1.85 bits per heavy atom. The second-order valence-corrected chi connectivity index (χ2v) is 5.91. The zero-order chi connectivity index (χ0) is 15.0. The van der Waals surface area contributed by atoms with Crippen LogP contribution in [0.4, 0.5) is 0 Å². The molecule has 5 heteroatoms. The number of amides is 2. The predicted octanol–water partition coefficient (Wildman–Crippen LogP) is 1.41. The molecule has 1 rings (SSSR count). The van der Waals surface area contributed by atoms with Crippen molar-refractivity contribution in [2.75, 3.05) is 19.6 Å². The summed E-state index contributed by atoms with van der Waals surface area (Å²) in [4.78, 5) is 25.8. The Hall–Kier alpha value is -1.10. The van der Waals surface area contributed by atoms with Crippen LogP contribution in [0.2, 0.25) is 0 Å². The van der Waals surface area contributed by atoms with Gasteiger partial charge in [0.15, 0.2) is 0 Å². The van der Waals surface area contributed by atoms with Crippen LogP contribution in [0, 0.1) is 0 Å². The van der Waals surface area contributed by atoms with Crippen molar-refractivity contribution in [3.8, 4) is 0 Å². The number of hydrogen-bond acceptors (Lipinski definition) is 3. The van der Waals surface area contributed by atoms with Gasteiger partial charge < -0.3 is 16.0 Å². The SMILES string of the molecule is CCCNC(=O)CN(CCC)C(=O)CC1(N)CCCC1. The molecule has 116 valence electrons. The fraction of sp³-hybridized carbons (Fsp3) is 0.867. The Morgan fingerprint density at radius 1 is 1.20 bits per heavy atom. The van der Waals surface area contributed by atoms with E-state index in [-0.39, 0.29) is 23.9 Å². The Balaban J connectivity index is 2.51.